The van der Waals surface area contributed by atoms with Gasteiger partial charge < -0.3 is 62.7 Å². The summed E-state index contributed by atoms with van der Waals surface area (Å²) < 4.78 is 48.4. The largest absolute Gasteiger partial charge is 0.790 e. The van der Waals surface area contributed by atoms with E-state index in [1.165, 1.54) is 83.5 Å². The molecule has 1 rings (SSSR count). The molecule has 0 aliphatic heterocycles. The number of hydrogen-bond donors (Lipinski definition) is 4. The second-order valence-electron chi connectivity index (χ2n) is 16.8. The normalized spacial score (nSPS) is 22.1. The van der Waals surface area contributed by atoms with Gasteiger partial charge in [-0.3, -0.25) is 14.2 Å². The van der Waals surface area contributed by atoms with Crippen LogP contribution >= 0.6 is 15.6 Å². The number of aliphatic hydroxyl groups excluding tert-OH is 4. The lowest BCUT2D eigenvalue weighted by Crippen LogP contribution is -2.65. The standard InChI is InChI=1S/C45H84O16P2/c1-3-5-7-9-11-13-15-17-19-21-23-25-27-29-31-33-38(46)57-35-37(59-39(47)34-32-30-28-26-24-22-20-18-16-14-12-10-8-6-4-2)36-58-63(55,56)61-45-42(50)40(48)41(49)44(43(45)51)60-62(52,53)54/h12,14,18,20,37,40-45,48-51H,3-11,13,15-17,19,21-36H2,1-2H3,(H,55,56)(H2,52,53,54)/p-3/b14-12-,20-18-/t37-,40-,41-,42-,43-,44+,45-/m1/s1. The first kappa shape index (κ1) is 59.5. The zero-order valence-electron chi connectivity index (χ0n) is 38.1. The molecule has 18 heteroatoms. The average Bonchev–Trinajstić information content (AvgIpc) is 3.23. The van der Waals surface area contributed by atoms with Crippen molar-refractivity contribution in [1.82, 2.24) is 0 Å². The highest BCUT2D eigenvalue weighted by atomic mass is 31.2. The fraction of sp³-hybridized carbons (Fsp3) is 0.867. The third-order valence-electron chi connectivity index (χ3n) is 11.0. The van der Waals surface area contributed by atoms with Crippen LogP contribution in [0.25, 0.3) is 0 Å². The van der Waals surface area contributed by atoms with E-state index in [0.29, 0.717) is 12.8 Å². The predicted octanol–water partition coefficient (Wildman–Crippen LogP) is 7.06. The molecular weight excluding hydrogens is 858 g/mol. The van der Waals surface area contributed by atoms with E-state index in [0.717, 1.165) is 70.6 Å². The second kappa shape index (κ2) is 36.6. The summed E-state index contributed by atoms with van der Waals surface area (Å²) >= 11 is 0. The summed E-state index contributed by atoms with van der Waals surface area (Å²) in [6.45, 7) is 2.95. The summed E-state index contributed by atoms with van der Waals surface area (Å²) in [5.41, 5.74) is 0. The van der Waals surface area contributed by atoms with E-state index in [9.17, 15) is 53.8 Å². The summed E-state index contributed by atoms with van der Waals surface area (Å²) in [6.07, 6.45) is 21.7. The highest BCUT2D eigenvalue weighted by Gasteiger charge is 2.51. The van der Waals surface area contributed by atoms with Crippen molar-refractivity contribution < 1.29 is 76.9 Å². The molecule has 63 heavy (non-hydrogen) atoms. The van der Waals surface area contributed by atoms with Gasteiger partial charge in [0.1, 0.15) is 43.2 Å². The number of carbonyl (C=O) groups excluding carboxylic acids is 2. The Morgan fingerprint density at radius 2 is 0.937 bits per heavy atom. The van der Waals surface area contributed by atoms with Crippen molar-refractivity contribution in [1.29, 1.82) is 0 Å². The molecule has 0 aromatic carbocycles. The van der Waals surface area contributed by atoms with Crippen LogP contribution in [0.4, 0.5) is 0 Å². The second-order valence-corrected chi connectivity index (χ2v) is 19.2. The van der Waals surface area contributed by atoms with Crippen molar-refractivity contribution in [2.24, 2.45) is 0 Å². The zero-order valence-corrected chi connectivity index (χ0v) is 39.9. The molecule has 1 saturated carbocycles. The summed E-state index contributed by atoms with van der Waals surface area (Å²) in [7, 11) is -11.5. The van der Waals surface area contributed by atoms with Gasteiger partial charge in [-0.2, -0.15) is 0 Å². The molecule has 0 aromatic heterocycles. The Balaban J connectivity index is 2.59. The van der Waals surface area contributed by atoms with Gasteiger partial charge in [0, 0.05) is 12.8 Å². The van der Waals surface area contributed by atoms with E-state index in [4.69, 9.17) is 18.5 Å². The van der Waals surface area contributed by atoms with Crippen molar-refractivity contribution in [2.75, 3.05) is 13.2 Å². The molecule has 8 atom stereocenters. The van der Waals surface area contributed by atoms with Crippen LogP contribution < -0.4 is 14.7 Å². The van der Waals surface area contributed by atoms with E-state index < -0.39 is 83.5 Å². The molecule has 1 aliphatic rings. The number of phosphoric ester groups is 2. The molecule has 0 saturated heterocycles. The monoisotopic (exact) mass is 940 g/mol. The summed E-state index contributed by atoms with van der Waals surface area (Å²) in [5, 5.41) is 40.9. The van der Waals surface area contributed by atoms with Crippen molar-refractivity contribution in [2.45, 2.75) is 236 Å². The number of carbonyl (C=O) groups is 2. The molecule has 370 valence electrons. The molecule has 16 nitrogen and oxygen atoms in total. The minimum Gasteiger partial charge on any atom is -0.790 e. The van der Waals surface area contributed by atoms with Gasteiger partial charge >= 0.3 is 11.9 Å². The van der Waals surface area contributed by atoms with E-state index in [2.05, 4.69) is 42.7 Å². The van der Waals surface area contributed by atoms with Gasteiger partial charge in [0.2, 0.25) is 0 Å². The minimum atomic E-state index is -5.88. The van der Waals surface area contributed by atoms with Gasteiger partial charge in [-0.15, -0.1) is 0 Å². The SMILES string of the molecule is CCCCC/C=C\C/C=C\CCCCCCCC(=O)O[C@H](COC(=O)CCCCCCCCCCCCCCCCC)COP(=O)([O-])O[C@H]1[C@H](O)[C@@H](OP(=O)([O-])[O-])[C@H](O)[C@@H](O)[C@H]1O. The van der Waals surface area contributed by atoms with Crippen LogP contribution in [-0.2, 0) is 41.8 Å². The maximum atomic E-state index is 12.8. The first-order valence-electron chi connectivity index (χ1n) is 23.8. The Hall–Kier alpha value is -1.52. The topological polar surface area (TPSA) is 265 Å². The molecule has 0 bridgehead atoms. The summed E-state index contributed by atoms with van der Waals surface area (Å²) in [6, 6.07) is 0. The number of hydrogen-bond acceptors (Lipinski definition) is 16. The first-order valence-corrected chi connectivity index (χ1v) is 26.8. The molecule has 0 radical (unpaired) electrons. The number of esters is 2. The smallest absolute Gasteiger partial charge is 0.306 e. The van der Waals surface area contributed by atoms with Gasteiger partial charge in [-0.05, 0) is 44.9 Å². The van der Waals surface area contributed by atoms with Crippen molar-refractivity contribution in [3.8, 4) is 0 Å². The lowest BCUT2D eigenvalue weighted by molar-refractivity contribution is -0.353. The van der Waals surface area contributed by atoms with Crippen LogP contribution in [0.5, 0.6) is 0 Å². The van der Waals surface area contributed by atoms with Gasteiger partial charge in [-0.1, -0.05) is 160 Å². The van der Waals surface area contributed by atoms with Gasteiger partial charge in [0.05, 0.1) is 14.4 Å². The third-order valence-corrected chi connectivity index (χ3v) is 12.5. The van der Waals surface area contributed by atoms with E-state index in [1.54, 1.807) is 0 Å². The number of rotatable bonds is 40. The molecular formula is C45H81O16P2-3. The van der Waals surface area contributed by atoms with Gasteiger partial charge in [0.25, 0.3) is 7.82 Å². The lowest BCUT2D eigenvalue weighted by Gasteiger charge is -2.47. The maximum Gasteiger partial charge on any atom is 0.306 e. The van der Waals surface area contributed by atoms with Gasteiger partial charge in [-0.25, -0.2) is 0 Å². The van der Waals surface area contributed by atoms with Crippen LogP contribution in [0.15, 0.2) is 24.3 Å². The van der Waals surface area contributed by atoms with Crippen LogP contribution in [0.1, 0.15) is 194 Å². The fourth-order valence-corrected chi connectivity index (χ4v) is 8.78. The molecule has 0 spiro atoms. The minimum absolute atomic E-state index is 0.00491. The van der Waals surface area contributed by atoms with Crippen molar-refractivity contribution in [3.63, 3.8) is 0 Å². The van der Waals surface area contributed by atoms with Crippen LogP contribution in [-0.4, -0.2) is 88.3 Å². The number of phosphoric acid groups is 2. The highest BCUT2D eigenvalue weighted by molar-refractivity contribution is 7.45. The molecule has 1 fully saturated rings. The van der Waals surface area contributed by atoms with Crippen molar-refractivity contribution in [3.05, 3.63) is 24.3 Å². The molecule has 0 aromatic rings. The van der Waals surface area contributed by atoms with E-state index >= 15 is 0 Å². The third kappa shape index (κ3) is 31.2. The predicted molar refractivity (Wildman–Crippen MR) is 235 cm³/mol. The Bertz CT molecular complexity index is 1330. The summed E-state index contributed by atoms with van der Waals surface area (Å²) in [4.78, 5) is 60.5. The number of ether oxygens (including phenoxy) is 2. The molecule has 1 unspecified atom stereocenters. The quantitative estimate of drug-likeness (QED) is 0.0207. The molecule has 4 N–H and O–H groups in total. The molecule has 0 heterocycles. The lowest BCUT2D eigenvalue weighted by atomic mass is 9.85. The van der Waals surface area contributed by atoms with E-state index in [-0.39, 0.29) is 12.8 Å². The van der Waals surface area contributed by atoms with Gasteiger partial charge in [0.15, 0.2) is 6.10 Å². The van der Waals surface area contributed by atoms with Crippen LogP contribution in [0, 0.1) is 0 Å². The Kier molecular flexibility index (Phi) is 34.5. The van der Waals surface area contributed by atoms with Crippen molar-refractivity contribution >= 4 is 27.6 Å². The molecule has 1 aliphatic carbocycles. The first-order chi connectivity index (χ1) is 30.1. The Morgan fingerprint density at radius 1 is 0.524 bits per heavy atom. The maximum absolute atomic E-state index is 12.8. The Morgan fingerprint density at radius 3 is 1.43 bits per heavy atom. The number of aliphatic hydroxyl groups is 4. The van der Waals surface area contributed by atoms with Crippen LogP contribution in [0.2, 0.25) is 0 Å². The average molecular weight is 940 g/mol. The number of unbranched alkanes of at least 4 members (excludes halogenated alkanes) is 22. The Labute approximate surface area is 377 Å². The zero-order chi connectivity index (χ0) is 46.8. The number of allylic oxidation sites excluding steroid dienone is 4. The fourth-order valence-electron chi connectivity index (χ4n) is 7.27. The highest BCUT2D eigenvalue weighted by Crippen LogP contribution is 2.45. The van der Waals surface area contributed by atoms with E-state index in [1.807, 2.05) is 0 Å². The summed E-state index contributed by atoms with van der Waals surface area (Å²) in [5.74, 6) is -1.27. The molecule has 0 amide bonds. The van der Waals surface area contributed by atoms with Crippen LogP contribution in [0.3, 0.4) is 0 Å².